The van der Waals surface area contributed by atoms with Crippen LogP contribution in [-0.2, 0) is 4.79 Å². The highest BCUT2D eigenvalue weighted by atomic mass is 19.1. The topological polar surface area (TPSA) is 36.4 Å². The van der Waals surface area contributed by atoms with Crippen molar-refractivity contribution in [1.29, 1.82) is 0 Å². The molecular formula is C20H24FN3O. The number of likely N-dealkylation sites (tertiary alicyclic amines) is 1. The number of rotatable bonds is 4. The first kappa shape index (κ1) is 17.5. The number of halogens is 1. The zero-order valence-electron chi connectivity index (χ0n) is 14.8. The first-order chi connectivity index (χ1) is 12.0. The van der Waals surface area contributed by atoms with Gasteiger partial charge in [0.05, 0.1) is 12.2 Å². The summed E-state index contributed by atoms with van der Waals surface area (Å²) in [5.74, 6) is 0.173. The van der Waals surface area contributed by atoms with Gasteiger partial charge in [-0.3, -0.25) is 9.78 Å². The summed E-state index contributed by atoms with van der Waals surface area (Å²) in [6, 6.07) is 12.3. The average molecular weight is 341 g/mol. The van der Waals surface area contributed by atoms with Gasteiger partial charge in [0.2, 0.25) is 5.91 Å². The molecule has 0 radical (unpaired) electrons. The molecule has 2 aromatic rings. The molecule has 1 saturated heterocycles. The van der Waals surface area contributed by atoms with E-state index < -0.39 is 0 Å². The molecular weight excluding hydrogens is 317 g/mol. The molecule has 0 bridgehead atoms. The van der Waals surface area contributed by atoms with Crippen LogP contribution in [0.5, 0.6) is 0 Å². The zero-order valence-corrected chi connectivity index (χ0v) is 14.8. The summed E-state index contributed by atoms with van der Waals surface area (Å²) in [4.78, 5) is 21.0. The van der Waals surface area contributed by atoms with Crippen LogP contribution in [0.1, 0.15) is 24.5 Å². The minimum atomic E-state index is -0.248. The highest BCUT2D eigenvalue weighted by Gasteiger charge is 2.25. The molecule has 1 aromatic heterocycles. The molecule has 0 unspecified atom stereocenters. The number of amides is 1. The van der Waals surface area contributed by atoms with Gasteiger partial charge < -0.3 is 9.80 Å². The van der Waals surface area contributed by atoms with Crippen LogP contribution in [0.4, 0.5) is 4.39 Å². The maximum atomic E-state index is 13.1. The second-order valence-electron chi connectivity index (χ2n) is 6.87. The standard InChI is InChI=1S/C20H24FN3O/c1-23(2)14-20(25)24-12-4-5-16(13-24)19-7-3-6-18(22-19)15-8-10-17(21)11-9-15/h3,6-11,16H,4-5,12-14H2,1-2H3/t16-/m1/s1. The normalized spacial score (nSPS) is 17.8. The van der Waals surface area contributed by atoms with Crippen molar-refractivity contribution in [2.75, 3.05) is 33.7 Å². The smallest absolute Gasteiger partial charge is 0.236 e. The van der Waals surface area contributed by atoms with Gasteiger partial charge in [0.1, 0.15) is 5.82 Å². The van der Waals surface area contributed by atoms with Gasteiger partial charge in [-0.1, -0.05) is 6.07 Å². The summed E-state index contributed by atoms with van der Waals surface area (Å²) in [6.07, 6.45) is 2.03. The van der Waals surface area contributed by atoms with Gasteiger partial charge in [0.25, 0.3) is 0 Å². The molecule has 1 aromatic carbocycles. The second kappa shape index (κ2) is 7.74. The Morgan fingerprint density at radius 1 is 1.24 bits per heavy atom. The number of benzene rings is 1. The van der Waals surface area contributed by atoms with Crippen LogP contribution in [0, 0.1) is 5.82 Å². The van der Waals surface area contributed by atoms with Gasteiger partial charge in [0.15, 0.2) is 0 Å². The van der Waals surface area contributed by atoms with E-state index in [0.717, 1.165) is 36.3 Å². The van der Waals surface area contributed by atoms with E-state index in [0.29, 0.717) is 13.1 Å². The van der Waals surface area contributed by atoms with E-state index in [1.165, 1.54) is 12.1 Å². The quantitative estimate of drug-likeness (QED) is 0.857. The minimum Gasteiger partial charge on any atom is -0.341 e. The molecule has 1 aliphatic heterocycles. The number of piperidine rings is 1. The summed E-state index contributed by atoms with van der Waals surface area (Å²) in [6.45, 7) is 1.98. The van der Waals surface area contributed by atoms with E-state index >= 15 is 0 Å². The van der Waals surface area contributed by atoms with E-state index in [2.05, 4.69) is 0 Å². The molecule has 0 N–H and O–H groups in total. The fraction of sp³-hybridized carbons (Fsp3) is 0.400. The molecule has 0 spiro atoms. The fourth-order valence-electron chi connectivity index (χ4n) is 3.28. The Morgan fingerprint density at radius 3 is 2.72 bits per heavy atom. The highest BCUT2D eigenvalue weighted by molar-refractivity contribution is 5.78. The van der Waals surface area contributed by atoms with Crippen molar-refractivity contribution in [2.24, 2.45) is 0 Å². The van der Waals surface area contributed by atoms with Crippen LogP contribution >= 0.6 is 0 Å². The first-order valence-electron chi connectivity index (χ1n) is 8.68. The second-order valence-corrected chi connectivity index (χ2v) is 6.87. The van der Waals surface area contributed by atoms with E-state index in [1.807, 2.05) is 42.1 Å². The maximum absolute atomic E-state index is 13.1. The molecule has 0 saturated carbocycles. The Morgan fingerprint density at radius 2 is 2.00 bits per heavy atom. The van der Waals surface area contributed by atoms with Crippen LogP contribution in [0.25, 0.3) is 11.3 Å². The van der Waals surface area contributed by atoms with Crippen molar-refractivity contribution >= 4 is 5.91 Å². The van der Waals surface area contributed by atoms with E-state index in [9.17, 15) is 9.18 Å². The Hall–Kier alpha value is -2.27. The highest BCUT2D eigenvalue weighted by Crippen LogP contribution is 2.27. The lowest BCUT2D eigenvalue weighted by Crippen LogP contribution is -2.43. The van der Waals surface area contributed by atoms with Gasteiger partial charge in [-0.05, 0) is 63.3 Å². The number of nitrogens with zero attached hydrogens (tertiary/aromatic N) is 3. The van der Waals surface area contributed by atoms with Crippen LogP contribution < -0.4 is 0 Å². The Kier molecular flexibility index (Phi) is 5.43. The zero-order chi connectivity index (χ0) is 17.8. The lowest BCUT2D eigenvalue weighted by molar-refractivity contribution is -0.133. The number of pyridine rings is 1. The largest absolute Gasteiger partial charge is 0.341 e. The number of hydrogen-bond donors (Lipinski definition) is 0. The number of carbonyl (C=O) groups excluding carboxylic acids is 1. The average Bonchev–Trinajstić information content (AvgIpc) is 2.62. The van der Waals surface area contributed by atoms with E-state index in [-0.39, 0.29) is 17.6 Å². The molecule has 132 valence electrons. The predicted octanol–water partition coefficient (Wildman–Crippen LogP) is 3.16. The summed E-state index contributed by atoms with van der Waals surface area (Å²) < 4.78 is 13.1. The van der Waals surface area contributed by atoms with Gasteiger partial charge >= 0.3 is 0 Å². The summed E-state index contributed by atoms with van der Waals surface area (Å²) in [5, 5.41) is 0. The van der Waals surface area contributed by atoms with Crippen LogP contribution in [0.15, 0.2) is 42.5 Å². The molecule has 25 heavy (non-hydrogen) atoms. The van der Waals surface area contributed by atoms with Crippen molar-refractivity contribution in [3.05, 3.63) is 54.0 Å². The lowest BCUT2D eigenvalue weighted by atomic mass is 9.93. The van der Waals surface area contributed by atoms with Crippen molar-refractivity contribution in [3.63, 3.8) is 0 Å². The molecule has 1 amide bonds. The Labute approximate surface area is 148 Å². The third-order valence-corrected chi connectivity index (χ3v) is 4.55. The van der Waals surface area contributed by atoms with Crippen LogP contribution in [0.2, 0.25) is 0 Å². The Bertz CT molecular complexity index is 730. The van der Waals surface area contributed by atoms with Crippen molar-refractivity contribution < 1.29 is 9.18 Å². The van der Waals surface area contributed by atoms with Gasteiger partial charge in [-0.25, -0.2) is 4.39 Å². The number of hydrogen-bond acceptors (Lipinski definition) is 3. The molecule has 1 aliphatic rings. The van der Waals surface area contributed by atoms with Gasteiger partial charge in [-0.15, -0.1) is 0 Å². The van der Waals surface area contributed by atoms with Crippen LogP contribution in [0.3, 0.4) is 0 Å². The molecule has 3 rings (SSSR count). The van der Waals surface area contributed by atoms with E-state index in [4.69, 9.17) is 4.98 Å². The maximum Gasteiger partial charge on any atom is 0.236 e. The summed E-state index contributed by atoms with van der Waals surface area (Å²) in [7, 11) is 3.82. The number of likely N-dealkylation sites (N-methyl/N-ethyl adjacent to an activating group) is 1. The Balaban J connectivity index is 1.76. The summed E-state index contributed by atoms with van der Waals surface area (Å²) in [5.41, 5.74) is 2.75. The van der Waals surface area contributed by atoms with Crippen molar-refractivity contribution in [2.45, 2.75) is 18.8 Å². The monoisotopic (exact) mass is 341 g/mol. The van der Waals surface area contributed by atoms with Crippen LogP contribution in [-0.4, -0.2) is 54.4 Å². The first-order valence-corrected chi connectivity index (χ1v) is 8.68. The number of aromatic nitrogens is 1. The molecule has 4 nitrogen and oxygen atoms in total. The summed E-state index contributed by atoms with van der Waals surface area (Å²) >= 11 is 0. The number of carbonyl (C=O) groups is 1. The molecule has 5 heteroatoms. The van der Waals surface area contributed by atoms with Gasteiger partial charge in [-0.2, -0.15) is 0 Å². The molecule has 1 atom stereocenters. The molecule has 2 heterocycles. The molecule has 0 aliphatic carbocycles. The van der Waals surface area contributed by atoms with Crippen molar-refractivity contribution in [3.8, 4) is 11.3 Å². The van der Waals surface area contributed by atoms with Crippen molar-refractivity contribution in [1.82, 2.24) is 14.8 Å². The van der Waals surface area contributed by atoms with E-state index in [1.54, 1.807) is 12.1 Å². The minimum absolute atomic E-state index is 0.171. The van der Waals surface area contributed by atoms with Gasteiger partial charge in [0, 0.05) is 30.3 Å². The molecule has 1 fully saturated rings. The fourth-order valence-corrected chi connectivity index (χ4v) is 3.28. The lowest BCUT2D eigenvalue weighted by Gasteiger charge is -2.33. The predicted molar refractivity (Wildman–Crippen MR) is 96.7 cm³/mol. The SMILES string of the molecule is CN(C)CC(=O)N1CCC[C@@H](c2cccc(-c3ccc(F)cc3)n2)C1. The third-order valence-electron chi connectivity index (χ3n) is 4.55. The third kappa shape index (κ3) is 4.42.